The predicted molar refractivity (Wildman–Crippen MR) is 129 cm³/mol. The lowest BCUT2D eigenvalue weighted by Crippen LogP contribution is -2.38. The molecule has 3 rings (SSSR count). The lowest BCUT2D eigenvalue weighted by molar-refractivity contribution is -0.152. The molecule has 0 unspecified atom stereocenters. The molecular weight excluding hydrogens is 548 g/mol. The van der Waals surface area contributed by atoms with E-state index in [0.29, 0.717) is 35.4 Å². The third-order valence-electron chi connectivity index (χ3n) is 5.46. The molecule has 0 atom stereocenters. The molecule has 0 bridgehead atoms. The molecule has 3 aromatic rings. The lowest BCUT2D eigenvalue weighted by Gasteiger charge is -2.23. The predicted octanol–water partition coefficient (Wildman–Crippen LogP) is 5.54. The van der Waals surface area contributed by atoms with Crippen molar-refractivity contribution in [3.63, 3.8) is 0 Å². The quantitative estimate of drug-likeness (QED) is 0.256. The van der Waals surface area contributed by atoms with Crippen molar-refractivity contribution in [2.75, 3.05) is 13.2 Å². The largest absolute Gasteiger partial charge is 0.492 e. The Hall–Kier alpha value is -4.36. The fourth-order valence-electron chi connectivity index (χ4n) is 3.28. The summed E-state index contributed by atoms with van der Waals surface area (Å²) in [6, 6.07) is 7.80. The van der Waals surface area contributed by atoms with Gasteiger partial charge >= 0.3 is 18.3 Å². The van der Waals surface area contributed by atoms with E-state index in [0.717, 1.165) is 12.1 Å². The number of alkyl halides is 6. The van der Waals surface area contributed by atoms with E-state index in [2.05, 4.69) is 15.3 Å². The van der Waals surface area contributed by atoms with Crippen LogP contribution in [0.5, 0.6) is 11.5 Å². The molecule has 0 saturated carbocycles. The van der Waals surface area contributed by atoms with Crippen LogP contribution in [0.2, 0.25) is 0 Å². The van der Waals surface area contributed by atoms with Gasteiger partial charge in [-0.1, -0.05) is 12.1 Å². The highest BCUT2D eigenvalue weighted by atomic mass is 19.4. The molecule has 0 saturated heterocycles. The fraction of sp³-hybridized carbons (Fsp3) is 0.308. The van der Waals surface area contributed by atoms with E-state index in [4.69, 9.17) is 9.47 Å². The molecule has 2 N–H and O–H groups in total. The van der Waals surface area contributed by atoms with E-state index in [1.807, 2.05) is 0 Å². The molecule has 0 radical (unpaired) electrons. The molecule has 1 aromatic heterocycles. The summed E-state index contributed by atoms with van der Waals surface area (Å²) in [7, 11) is 0. The van der Waals surface area contributed by atoms with Gasteiger partial charge in [-0.2, -0.15) is 26.3 Å². The highest BCUT2D eigenvalue weighted by molar-refractivity contribution is 5.95. The smallest absolute Gasteiger partial charge is 0.434 e. The summed E-state index contributed by atoms with van der Waals surface area (Å²) in [5.41, 5.74) is -4.42. The first-order valence-electron chi connectivity index (χ1n) is 11.5. The van der Waals surface area contributed by atoms with E-state index in [1.54, 1.807) is 13.0 Å². The third kappa shape index (κ3) is 7.39. The van der Waals surface area contributed by atoms with Crippen LogP contribution in [0.1, 0.15) is 41.0 Å². The Morgan fingerprint density at radius 3 is 2.17 bits per heavy atom. The Morgan fingerprint density at radius 1 is 0.975 bits per heavy atom. The van der Waals surface area contributed by atoms with Gasteiger partial charge in [-0.3, -0.25) is 4.79 Å². The number of amides is 1. The number of hydrogen-bond acceptors (Lipinski definition) is 6. The maximum Gasteiger partial charge on any atom is 0.434 e. The molecule has 8 nitrogen and oxygen atoms in total. The number of carbonyl (C=O) groups is 2. The Morgan fingerprint density at radius 2 is 1.62 bits per heavy atom. The van der Waals surface area contributed by atoms with Gasteiger partial charge in [0.25, 0.3) is 5.91 Å². The van der Waals surface area contributed by atoms with Crippen LogP contribution >= 0.6 is 0 Å². The average Bonchev–Trinajstić information content (AvgIpc) is 2.86. The van der Waals surface area contributed by atoms with E-state index >= 15 is 0 Å². The number of carboxylic acids is 1. The molecule has 0 spiro atoms. The minimum Gasteiger partial charge on any atom is -0.492 e. The molecule has 2 aromatic carbocycles. The van der Waals surface area contributed by atoms with E-state index < -0.39 is 52.5 Å². The van der Waals surface area contributed by atoms with Gasteiger partial charge in [0.1, 0.15) is 18.1 Å². The zero-order chi connectivity index (χ0) is 29.9. The topological polar surface area (TPSA) is 111 Å². The highest BCUT2D eigenvalue weighted by Gasteiger charge is 2.38. The molecule has 214 valence electrons. The number of carbonyl (C=O) groups excluding carboxylic acids is 1. The number of hydrogen-bond donors (Lipinski definition) is 2. The van der Waals surface area contributed by atoms with Gasteiger partial charge in [0.05, 0.1) is 17.7 Å². The van der Waals surface area contributed by atoms with Crippen molar-refractivity contribution in [2.45, 2.75) is 38.7 Å². The van der Waals surface area contributed by atoms with Gasteiger partial charge in [-0.25, -0.2) is 14.8 Å². The first kappa shape index (κ1) is 30.2. The minimum atomic E-state index is -5.05. The summed E-state index contributed by atoms with van der Waals surface area (Å²) in [5.74, 6) is -2.14. The number of aliphatic carboxylic acids is 1. The summed E-state index contributed by atoms with van der Waals surface area (Å²) in [5, 5.41) is 11.5. The second-order valence-corrected chi connectivity index (χ2v) is 8.98. The molecule has 1 amide bonds. The number of nitrogens with one attached hydrogen (secondary N) is 1. The summed E-state index contributed by atoms with van der Waals surface area (Å²) in [6.07, 6.45) is -9.03. The van der Waals surface area contributed by atoms with Gasteiger partial charge in [0, 0.05) is 11.8 Å². The number of halogens is 6. The second kappa shape index (κ2) is 11.4. The summed E-state index contributed by atoms with van der Waals surface area (Å²) in [6.45, 7) is 4.12. The van der Waals surface area contributed by atoms with E-state index in [1.165, 1.54) is 26.0 Å². The molecule has 14 heteroatoms. The minimum absolute atomic E-state index is 0.0999. The average molecular weight is 571 g/mol. The number of carboxylic acid groups (broad SMARTS) is 1. The number of aromatic nitrogens is 2. The van der Waals surface area contributed by atoms with Crippen molar-refractivity contribution >= 4 is 11.9 Å². The highest BCUT2D eigenvalue weighted by Crippen LogP contribution is 2.33. The van der Waals surface area contributed by atoms with Crippen LogP contribution in [-0.4, -0.2) is 45.7 Å². The normalized spacial score (nSPS) is 12.1. The van der Waals surface area contributed by atoms with Gasteiger partial charge in [-0.05, 0) is 56.7 Å². The second-order valence-electron chi connectivity index (χ2n) is 8.98. The molecule has 0 aliphatic rings. The summed E-state index contributed by atoms with van der Waals surface area (Å²) >= 11 is 0. The number of ether oxygens (including phenoxy) is 2. The number of aryl methyl sites for hydroxylation is 1. The van der Waals surface area contributed by atoms with Gasteiger partial charge in [-0.15, -0.1) is 0 Å². The Kier molecular flexibility index (Phi) is 8.60. The van der Waals surface area contributed by atoms with Crippen LogP contribution in [0.4, 0.5) is 26.3 Å². The van der Waals surface area contributed by atoms with Crippen LogP contribution in [-0.2, 0) is 17.1 Å². The van der Waals surface area contributed by atoms with Crippen LogP contribution < -0.4 is 14.8 Å². The molecule has 0 aliphatic carbocycles. The van der Waals surface area contributed by atoms with Crippen molar-refractivity contribution in [1.29, 1.82) is 0 Å². The van der Waals surface area contributed by atoms with Crippen molar-refractivity contribution in [1.82, 2.24) is 15.3 Å². The SMILES string of the molecule is Cc1cc(OCCNC(=O)c2cnc(-c3ccc(C(F)(F)F)cc3)nc2C(F)(F)F)ccc1OC(C)(C)C(=O)O. The van der Waals surface area contributed by atoms with Crippen molar-refractivity contribution in [3.05, 3.63) is 71.0 Å². The molecular formula is C26H23F6N3O5. The molecule has 0 fully saturated rings. The van der Waals surface area contributed by atoms with Crippen molar-refractivity contribution in [3.8, 4) is 22.9 Å². The molecule has 40 heavy (non-hydrogen) atoms. The van der Waals surface area contributed by atoms with E-state index in [-0.39, 0.29) is 18.7 Å². The van der Waals surface area contributed by atoms with Crippen LogP contribution in [0.3, 0.4) is 0 Å². The summed E-state index contributed by atoms with van der Waals surface area (Å²) in [4.78, 5) is 30.9. The monoisotopic (exact) mass is 571 g/mol. The molecule has 1 heterocycles. The van der Waals surface area contributed by atoms with Gasteiger partial charge in [0.15, 0.2) is 17.1 Å². The van der Waals surface area contributed by atoms with Crippen LogP contribution in [0.15, 0.2) is 48.7 Å². The maximum atomic E-state index is 13.7. The number of nitrogens with zero attached hydrogens (tertiary/aromatic N) is 2. The number of benzene rings is 2. The maximum absolute atomic E-state index is 13.7. The molecule has 0 aliphatic heterocycles. The first-order valence-corrected chi connectivity index (χ1v) is 11.5. The zero-order valence-electron chi connectivity index (χ0n) is 21.3. The van der Waals surface area contributed by atoms with Crippen molar-refractivity contribution < 1.29 is 50.5 Å². The van der Waals surface area contributed by atoms with Gasteiger partial charge in [0.2, 0.25) is 0 Å². The van der Waals surface area contributed by atoms with Crippen molar-refractivity contribution in [2.24, 2.45) is 0 Å². The van der Waals surface area contributed by atoms with Crippen LogP contribution in [0, 0.1) is 6.92 Å². The first-order chi connectivity index (χ1) is 18.5. The van der Waals surface area contributed by atoms with Gasteiger partial charge < -0.3 is 19.9 Å². The van der Waals surface area contributed by atoms with E-state index in [9.17, 15) is 41.0 Å². The fourth-order valence-corrected chi connectivity index (χ4v) is 3.28. The lowest BCUT2D eigenvalue weighted by atomic mass is 10.1. The summed E-state index contributed by atoms with van der Waals surface area (Å²) < 4.78 is 90.3. The third-order valence-corrected chi connectivity index (χ3v) is 5.46. The zero-order valence-corrected chi connectivity index (χ0v) is 21.3. The Labute approximate surface area is 224 Å². The van der Waals surface area contributed by atoms with Crippen LogP contribution in [0.25, 0.3) is 11.4 Å². The number of rotatable bonds is 9. The Balaban J connectivity index is 1.66. The Bertz CT molecular complexity index is 1390. The standard InChI is InChI=1S/C26H23F6N3O5/c1-14-12-17(8-9-19(14)40-24(2,3)23(37)38)39-11-10-33-22(36)18-13-34-21(35-20(18)26(30,31)32)15-4-6-16(7-5-15)25(27,28)29/h4-9,12-13H,10-11H2,1-3H3,(H,33,36)(H,37,38).